The maximum absolute atomic E-state index is 14.2. The second-order valence-electron chi connectivity index (χ2n) is 4.30. The summed E-state index contributed by atoms with van der Waals surface area (Å²) in [4.78, 5) is 0. The Bertz CT molecular complexity index is 582. The van der Waals surface area contributed by atoms with E-state index in [1.807, 2.05) is 20.2 Å². The lowest BCUT2D eigenvalue weighted by atomic mass is 9.98. The zero-order valence-electron chi connectivity index (χ0n) is 10.8. The van der Waals surface area contributed by atoms with E-state index in [1.165, 1.54) is 0 Å². The van der Waals surface area contributed by atoms with Crippen molar-refractivity contribution in [3.8, 4) is 0 Å². The number of aryl methyl sites for hydroxylation is 2. The van der Waals surface area contributed by atoms with Crippen LogP contribution in [0.1, 0.15) is 29.8 Å². The summed E-state index contributed by atoms with van der Waals surface area (Å²) >= 11 is 3.19. The number of aromatic nitrogens is 2. The summed E-state index contributed by atoms with van der Waals surface area (Å²) in [7, 11) is 1.84. The van der Waals surface area contributed by atoms with E-state index in [0.29, 0.717) is 10.0 Å². The molecular formula is C13H16BrFN4. The molecule has 1 aromatic carbocycles. The molecule has 4 nitrogen and oxygen atoms in total. The van der Waals surface area contributed by atoms with Crippen LogP contribution in [0.2, 0.25) is 0 Å². The lowest BCUT2D eigenvalue weighted by Crippen LogP contribution is -2.30. The molecule has 0 radical (unpaired) electrons. The Hall–Kier alpha value is -1.24. The first-order chi connectivity index (χ1) is 9.08. The third-order valence-electron chi connectivity index (χ3n) is 3.04. The van der Waals surface area contributed by atoms with Crippen molar-refractivity contribution in [2.45, 2.75) is 19.4 Å². The number of rotatable bonds is 4. The second kappa shape index (κ2) is 5.81. The first-order valence-corrected chi connectivity index (χ1v) is 6.80. The van der Waals surface area contributed by atoms with Gasteiger partial charge in [-0.25, -0.2) is 9.82 Å². The summed E-state index contributed by atoms with van der Waals surface area (Å²) in [6.07, 6.45) is 2.63. The molecule has 0 bridgehead atoms. The third-order valence-corrected chi connectivity index (χ3v) is 3.66. The fraction of sp³-hybridized carbons (Fsp3) is 0.308. The molecular weight excluding hydrogens is 311 g/mol. The van der Waals surface area contributed by atoms with Gasteiger partial charge in [-0.15, -0.1) is 0 Å². The quantitative estimate of drug-likeness (QED) is 0.670. The van der Waals surface area contributed by atoms with Crippen LogP contribution in [0.25, 0.3) is 0 Å². The summed E-state index contributed by atoms with van der Waals surface area (Å²) < 4.78 is 16.3. The van der Waals surface area contributed by atoms with Crippen LogP contribution in [0.3, 0.4) is 0 Å². The number of hydrazine groups is 1. The lowest BCUT2D eigenvalue weighted by molar-refractivity contribution is 0.554. The molecule has 0 aliphatic rings. The molecule has 102 valence electrons. The average Bonchev–Trinajstić information content (AvgIpc) is 2.76. The minimum atomic E-state index is -0.416. The van der Waals surface area contributed by atoms with E-state index in [0.717, 1.165) is 17.7 Å². The van der Waals surface area contributed by atoms with Gasteiger partial charge in [0.1, 0.15) is 5.82 Å². The number of hydrogen-bond acceptors (Lipinski definition) is 3. The molecule has 2 rings (SSSR count). The molecule has 1 unspecified atom stereocenters. The highest BCUT2D eigenvalue weighted by molar-refractivity contribution is 9.10. The Morgan fingerprint density at radius 1 is 1.47 bits per heavy atom. The standard InChI is InChI=1S/C13H16BrFN4/c1-3-11-9(7-19(2)18-11)13(17-16)8-5-4-6-10(14)12(8)15/h4-7,13,17H,3,16H2,1-2H3. The first-order valence-electron chi connectivity index (χ1n) is 6.01. The first kappa shape index (κ1) is 14.2. The van der Waals surface area contributed by atoms with Gasteiger partial charge in [0.2, 0.25) is 0 Å². The smallest absolute Gasteiger partial charge is 0.142 e. The number of hydrogen-bond donors (Lipinski definition) is 2. The van der Waals surface area contributed by atoms with Crippen molar-refractivity contribution < 1.29 is 4.39 Å². The predicted octanol–water partition coefficient (Wildman–Crippen LogP) is 2.44. The van der Waals surface area contributed by atoms with E-state index in [4.69, 9.17) is 5.84 Å². The molecule has 6 heteroatoms. The van der Waals surface area contributed by atoms with Crippen molar-refractivity contribution in [1.82, 2.24) is 15.2 Å². The number of nitrogens with one attached hydrogen (secondary N) is 1. The normalized spacial score (nSPS) is 12.7. The number of halogens is 2. The Balaban J connectivity index is 2.53. The summed E-state index contributed by atoms with van der Waals surface area (Å²) in [6, 6.07) is 4.75. The molecule has 1 atom stereocenters. The Morgan fingerprint density at radius 2 is 2.21 bits per heavy atom. The molecule has 0 spiro atoms. The Labute approximate surface area is 119 Å². The number of nitrogens with two attached hydrogens (primary N) is 1. The largest absolute Gasteiger partial charge is 0.275 e. The van der Waals surface area contributed by atoms with Gasteiger partial charge in [-0.2, -0.15) is 5.10 Å². The van der Waals surface area contributed by atoms with Gasteiger partial charge in [0, 0.05) is 24.4 Å². The van der Waals surface area contributed by atoms with Crippen molar-refractivity contribution in [2.75, 3.05) is 0 Å². The van der Waals surface area contributed by atoms with Crippen molar-refractivity contribution in [3.63, 3.8) is 0 Å². The Kier molecular flexibility index (Phi) is 4.34. The number of benzene rings is 1. The van der Waals surface area contributed by atoms with Crippen molar-refractivity contribution >= 4 is 15.9 Å². The topological polar surface area (TPSA) is 55.9 Å². The second-order valence-corrected chi connectivity index (χ2v) is 5.16. The maximum Gasteiger partial charge on any atom is 0.142 e. The maximum atomic E-state index is 14.2. The van der Waals surface area contributed by atoms with Crippen LogP contribution in [0.15, 0.2) is 28.9 Å². The van der Waals surface area contributed by atoms with Crippen LogP contribution in [-0.2, 0) is 13.5 Å². The fourth-order valence-electron chi connectivity index (χ4n) is 2.16. The summed E-state index contributed by atoms with van der Waals surface area (Å²) in [5, 5.41) is 4.36. The van der Waals surface area contributed by atoms with E-state index < -0.39 is 6.04 Å². The van der Waals surface area contributed by atoms with E-state index >= 15 is 0 Å². The minimum Gasteiger partial charge on any atom is -0.275 e. The molecule has 2 aromatic rings. The Morgan fingerprint density at radius 3 is 2.84 bits per heavy atom. The fourth-order valence-corrected chi connectivity index (χ4v) is 2.54. The molecule has 1 heterocycles. The van der Waals surface area contributed by atoms with Gasteiger partial charge >= 0.3 is 0 Å². The van der Waals surface area contributed by atoms with Gasteiger partial charge in [-0.1, -0.05) is 19.1 Å². The highest BCUT2D eigenvalue weighted by atomic mass is 79.9. The molecule has 0 aliphatic heterocycles. The van der Waals surface area contributed by atoms with Crippen LogP contribution in [0, 0.1) is 5.82 Å². The summed E-state index contributed by atoms with van der Waals surface area (Å²) in [5.74, 6) is 5.31. The van der Waals surface area contributed by atoms with Crippen LogP contribution >= 0.6 is 15.9 Å². The monoisotopic (exact) mass is 326 g/mol. The minimum absolute atomic E-state index is 0.309. The highest BCUT2D eigenvalue weighted by Gasteiger charge is 2.22. The molecule has 0 amide bonds. The van der Waals surface area contributed by atoms with Crippen LogP contribution in [0.4, 0.5) is 4.39 Å². The van der Waals surface area contributed by atoms with Crippen LogP contribution in [0.5, 0.6) is 0 Å². The van der Waals surface area contributed by atoms with Gasteiger partial charge < -0.3 is 0 Å². The lowest BCUT2D eigenvalue weighted by Gasteiger charge is -2.17. The van der Waals surface area contributed by atoms with Crippen LogP contribution in [-0.4, -0.2) is 9.78 Å². The van der Waals surface area contributed by atoms with Crippen molar-refractivity contribution in [3.05, 3.63) is 51.5 Å². The molecule has 1 aromatic heterocycles. The highest BCUT2D eigenvalue weighted by Crippen LogP contribution is 2.29. The SMILES string of the molecule is CCc1nn(C)cc1C(NN)c1cccc(Br)c1F. The number of nitrogens with zero attached hydrogens (tertiary/aromatic N) is 2. The van der Waals surface area contributed by atoms with Crippen molar-refractivity contribution in [1.29, 1.82) is 0 Å². The van der Waals surface area contributed by atoms with E-state index in [2.05, 4.69) is 26.5 Å². The molecule has 0 saturated heterocycles. The average molecular weight is 327 g/mol. The van der Waals surface area contributed by atoms with Crippen molar-refractivity contribution in [2.24, 2.45) is 12.9 Å². The van der Waals surface area contributed by atoms with E-state index in [9.17, 15) is 4.39 Å². The molecule has 19 heavy (non-hydrogen) atoms. The van der Waals surface area contributed by atoms with Gasteiger partial charge in [0.05, 0.1) is 16.2 Å². The zero-order chi connectivity index (χ0) is 14.0. The molecule has 0 fully saturated rings. The van der Waals surface area contributed by atoms with Crippen LogP contribution < -0.4 is 11.3 Å². The molecule has 0 saturated carbocycles. The molecule has 0 aliphatic carbocycles. The third kappa shape index (κ3) is 2.70. The zero-order valence-corrected chi connectivity index (χ0v) is 12.4. The summed E-state index contributed by atoms with van der Waals surface area (Å²) in [6.45, 7) is 2.01. The van der Waals surface area contributed by atoms with Gasteiger partial charge in [-0.05, 0) is 28.4 Å². The van der Waals surface area contributed by atoms with E-state index in [1.54, 1.807) is 22.9 Å². The van der Waals surface area contributed by atoms with Gasteiger partial charge in [0.25, 0.3) is 0 Å². The summed E-state index contributed by atoms with van der Waals surface area (Å²) in [5.41, 5.74) is 4.98. The van der Waals surface area contributed by atoms with E-state index in [-0.39, 0.29) is 5.82 Å². The van der Waals surface area contributed by atoms with Gasteiger partial charge in [-0.3, -0.25) is 10.5 Å². The molecule has 3 N–H and O–H groups in total. The van der Waals surface area contributed by atoms with Gasteiger partial charge in [0.15, 0.2) is 0 Å². The predicted molar refractivity (Wildman–Crippen MR) is 75.9 cm³/mol.